The van der Waals surface area contributed by atoms with E-state index >= 15 is 0 Å². The van der Waals surface area contributed by atoms with Crippen molar-refractivity contribution in [2.75, 3.05) is 24.0 Å². The first-order valence-corrected chi connectivity index (χ1v) is 38.6. The Kier molecular flexibility index (Phi) is 64.5. The topological polar surface area (TPSA) is 68.3 Å². The van der Waals surface area contributed by atoms with Crippen molar-refractivity contribution in [1.29, 1.82) is 0 Å². The normalized spacial score (nSPS) is 11.9. The van der Waals surface area contributed by atoms with Gasteiger partial charge in [0.25, 0.3) is 0 Å². The number of unbranched alkanes of at least 4 members (excludes halogenated alkanes) is 54. The van der Waals surface area contributed by atoms with Gasteiger partial charge in [-0.05, 0) is 34.4 Å². The molecule has 0 atom stereocenters. The van der Waals surface area contributed by atoms with Crippen LogP contribution < -0.4 is 0 Å². The third-order valence-electron chi connectivity index (χ3n) is 14.6. The maximum absolute atomic E-state index is 11.0. The quantitative estimate of drug-likeness (QED) is 0.0447. The fourth-order valence-electron chi connectivity index (χ4n) is 9.96. The highest BCUT2D eigenvalue weighted by Gasteiger charge is 2.04. The Balaban J connectivity index is 0. The lowest BCUT2D eigenvalue weighted by Gasteiger charge is -2.04. The molecule has 0 radical (unpaired) electrons. The molecule has 0 bridgehead atoms. The van der Waals surface area contributed by atoms with Crippen LogP contribution in [0.25, 0.3) is 0 Å². The summed E-state index contributed by atoms with van der Waals surface area (Å²) in [6.45, 7) is 4.60. The van der Waals surface area contributed by atoms with Gasteiger partial charge >= 0.3 is 0 Å². The molecule has 0 fully saturated rings. The minimum Gasteiger partial charge on any atom is -0.218 e. The van der Waals surface area contributed by atoms with Gasteiger partial charge in [-0.25, -0.2) is 16.8 Å². The van der Waals surface area contributed by atoms with Crippen molar-refractivity contribution >= 4 is 39.3 Å². The predicted molar refractivity (Wildman–Crippen MR) is 325 cm³/mol. The van der Waals surface area contributed by atoms with E-state index in [1.807, 2.05) is 0 Å². The van der Waals surface area contributed by atoms with Crippen LogP contribution in [0.2, 0.25) is 0 Å². The summed E-state index contributed by atoms with van der Waals surface area (Å²) in [5, 5.41) is 0. The maximum atomic E-state index is 11.0. The molecule has 0 saturated heterocycles. The summed E-state index contributed by atoms with van der Waals surface area (Å²) in [6, 6.07) is 0. The SMILES string of the molecule is CCCCCCCCCCCCCCCCCCCCCCCCCCCCCCSS(C)(=O)=O.CCCCCCCCCCCCCCCCCCCCCCCCCCCCCCSS(C)(=O)=O. The highest BCUT2D eigenvalue weighted by Crippen LogP contribution is 2.20. The standard InChI is InChI=1S/2C31H64O2S2/c2*1-3-4-5-6-7-8-9-10-11-12-13-14-15-16-17-18-19-20-21-22-23-24-25-26-27-28-29-30-31-34-35(2,32)33/h2*3-31H2,1-2H3. The van der Waals surface area contributed by atoms with Crippen molar-refractivity contribution in [2.24, 2.45) is 0 Å². The van der Waals surface area contributed by atoms with Gasteiger partial charge in [-0.2, -0.15) is 0 Å². The molecule has 0 heterocycles. The molecule has 0 aromatic heterocycles. The fourth-order valence-corrected chi connectivity index (χ4v) is 13.7. The van der Waals surface area contributed by atoms with Crippen LogP contribution in [0.5, 0.6) is 0 Å². The Morgan fingerprint density at radius 1 is 0.186 bits per heavy atom. The molecule has 0 rings (SSSR count). The highest BCUT2D eigenvalue weighted by atomic mass is 33.1. The van der Waals surface area contributed by atoms with E-state index in [0.29, 0.717) is 0 Å². The first-order valence-electron chi connectivity index (χ1n) is 31.8. The van der Waals surface area contributed by atoms with Crippen LogP contribution in [-0.4, -0.2) is 40.9 Å². The smallest absolute Gasteiger partial charge is 0.198 e. The molecule has 0 unspecified atom stereocenters. The summed E-state index contributed by atoms with van der Waals surface area (Å²) in [7, 11) is -3.48. The van der Waals surface area contributed by atoms with Gasteiger partial charge in [-0.3, -0.25) is 0 Å². The average Bonchev–Trinajstić information content (AvgIpc) is 3.32. The Bertz CT molecular complexity index is 1070. The Morgan fingerprint density at radius 2 is 0.286 bits per heavy atom. The lowest BCUT2D eigenvalue weighted by molar-refractivity contribution is 0.514. The largest absolute Gasteiger partial charge is 0.218 e. The second kappa shape index (κ2) is 62.1. The van der Waals surface area contributed by atoms with Gasteiger partial charge in [0.1, 0.15) is 0 Å². The Morgan fingerprint density at radius 3 is 0.386 bits per heavy atom. The van der Waals surface area contributed by atoms with Crippen molar-refractivity contribution < 1.29 is 16.8 Å². The van der Waals surface area contributed by atoms with E-state index in [1.54, 1.807) is 0 Å². The highest BCUT2D eigenvalue weighted by molar-refractivity contribution is 8.72. The van der Waals surface area contributed by atoms with Crippen LogP contribution in [0.1, 0.15) is 373 Å². The molecule has 70 heavy (non-hydrogen) atoms. The third-order valence-corrected chi connectivity index (χ3v) is 19.9. The molecule has 424 valence electrons. The zero-order valence-electron chi connectivity index (χ0n) is 48.3. The summed E-state index contributed by atoms with van der Waals surface area (Å²) in [6.07, 6.45) is 81.7. The van der Waals surface area contributed by atoms with E-state index in [9.17, 15) is 16.8 Å². The number of rotatable bonds is 60. The van der Waals surface area contributed by atoms with E-state index in [4.69, 9.17) is 0 Å². The van der Waals surface area contributed by atoms with Gasteiger partial charge in [0.05, 0.1) is 0 Å². The first kappa shape index (κ1) is 72.7. The lowest BCUT2D eigenvalue weighted by atomic mass is 10.0. The third kappa shape index (κ3) is 75.1. The van der Waals surface area contributed by atoms with Gasteiger partial charge in [0.15, 0.2) is 17.7 Å². The average molecular weight is 1070 g/mol. The summed E-state index contributed by atoms with van der Waals surface area (Å²) in [5.74, 6) is 1.52. The minimum absolute atomic E-state index is 0.762. The molecule has 0 aromatic carbocycles. The lowest BCUT2D eigenvalue weighted by Crippen LogP contribution is -1.91. The molecular weight excluding hydrogens is 937 g/mol. The molecule has 0 spiro atoms. The summed E-state index contributed by atoms with van der Waals surface area (Å²) in [5.41, 5.74) is 0. The van der Waals surface area contributed by atoms with Crippen molar-refractivity contribution in [3.05, 3.63) is 0 Å². The molecule has 8 heteroatoms. The van der Waals surface area contributed by atoms with E-state index in [1.165, 1.54) is 359 Å². The van der Waals surface area contributed by atoms with Crippen LogP contribution >= 0.6 is 21.6 Å². The molecule has 0 N–H and O–H groups in total. The Hall–Kier alpha value is 0.600. The second-order valence-electron chi connectivity index (χ2n) is 22.1. The van der Waals surface area contributed by atoms with Crippen LogP contribution in [0.15, 0.2) is 0 Å². The summed E-state index contributed by atoms with van der Waals surface area (Å²) in [4.78, 5) is 0. The maximum Gasteiger partial charge on any atom is 0.198 e. The van der Waals surface area contributed by atoms with Crippen molar-refractivity contribution in [3.8, 4) is 0 Å². The molecule has 0 amide bonds. The number of hydrogen-bond donors (Lipinski definition) is 0. The molecule has 0 saturated carbocycles. The molecule has 0 aromatic rings. The molecule has 0 aliphatic rings. The Labute approximate surface area is 450 Å². The van der Waals surface area contributed by atoms with Crippen molar-refractivity contribution in [1.82, 2.24) is 0 Å². The van der Waals surface area contributed by atoms with Gasteiger partial charge in [0, 0.05) is 24.0 Å². The summed E-state index contributed by atoms with van der Waals surface area (Å²) < 4.78 is 44.2. The molecule has 0 aliphatic carbocycles. The number of hydrogen-bond acceptors (Lipinski definition) is 6. The monoisotopic (exact) mass is 1060 g/mol. The van der Waals surface area contributed by atoms with Crippen molar-refractivity contribution in [2.45, 2.75) is 373 Å². The van der Waals surface area contributed by atoms with Crippen LogP contribution in [0.3, 0.4) is 0 Å². The molecular formula is C62H128O4S4. The fraction of sp³-hybridized carbons (Fsp3) is 1.00. The van der Waals surface area contributed by atoms with Gasteiger partial charge < -0.3 is 0 Å². The zero-order chi connectivity index (χ0) is 51.4. The van der Waals surface area contributed by atoms with Crippen LogP contribution in [-0.2, 0) is 17.7 Å². The van der Waals surface area contributed by atoms with E-state index in [2.05, 4.69) is 13.8 Å². The van der Waals surface area contributed by atoms with E-state index in [-0.39, 0.29) is 0 Å². The van der Waals surface area contributed by atoms with Gasteiger partial charge in [-0.1, -0.05) is 361 Å². The molecule has 4 nitrogen and oxygen atoms in total. The second-order valence-corrected chi connectivity index (χ2v) is 31.3. The van der Waals surface area contributed by atoms with Gasteiger partial charge in [0.2, 0.25) is 0 Å². The minimum atomic E-state index is -2.84. The first-order chi connectivity index (χ1) is 34.1. The summed E-state index contributed by atoms with van der Waals surface area (Å²) >= 11 is 0. The van der Waals surface area contributed by atoms with E-state index in [0.717, 1.165) is 45.9 Å². The van der Waals surface area contributed by atoms with E-state index < -0.39 is 17.7 Å². The van der Waals surface area contributed by atoms with Crippen LogP contribution in [0.4, 0.5) is 0 Å². The predicted octanol–water partition coefficient (Wildman–Crippen LogP) is 23.2. The molecule has 0 aliphatic heterocycles. The van der Waals surface area contributed by atoms with Gasteiger partial charge in [-0.15, -0.1) is 0 Å². The zero-order valence-corrected chi connectivity index (χ0v) is 51.5. The van der Waals surface area contributed by atoms with Crippen molar-refractivity contribution in [3.63, 3.8) is 0 Å². The van der Waals surface area contributed by atoms with Crippen LogP contribution in [0, 0.1) is 0 Å².